The fourth-order valence-electron chi connectivity index (χ4n) is 3.34. The van der Waals surface area contributed by atoms with E-state index in [1.807, 2.05) is 11.7 Å². The van der Waals surface area contributed by atoms with E-state index in [1.54, 1.807) is 0 Å². The smallest absolute Gasteiger partial charge is 0.0722 e. The van der Waals surface area contributed by atoms with E-state index in [0.717, 1.165) is 19.0 Å². The summed E-state index contributed by atoms with van der Waals surface area (Å²) in [6.07, 6.45) is 10.7. The second kappa shape index (κ2) is 6.75. The standard InChI is InChI=1S/C17H31N3/c1-17(2,3)16-15(13-20(4)19-16)12-18-11-7-10-14-8-5-6-9-14/h13-14,18H,5-12H2,1-4H3. The van der Waals surface area contributed by atoms with E-state index in [1.165, 1.54) is 49.8 Å². The molecule has 0 radical (unpaired) electrons. The van der Waals surface area contributed by atoms with Crippen LogP contribution in [0.15, 0.2) is 6.20 Å². The summed E-state index contributed by atoms with van der Waals surface area (Å²) in [4.78, 5) is 0. The Morgan fingerprint density at radius 2 is 2.00 bits per heavy atom. The molecule has 0 aromatic carbocycles. The predicted octanol–water partition coefficient (Wildman–Crippen LogP) is 3.78. The molecule has 1 aromatic rings. The van der Waals surface area contributed by atoms with Gasteiger partial charge in [-0.05, 0) is 25.3 Å². The van der Waals surface area contributed by atoms with E-state index in [2.05, 4.69) is 37.4 Å². The second-order valence-electron chi connectivity index (χ2n) is 7.40. The van der Waals surface area contributed by atoms with Gasteiger partial charge in [-0.25, -0.2) is 0 Å². The average Bonchev–Trinajstić information content (AvgIpc) is 2.97. The predicted molar refractivity (Wildman–Crippen MR) is 84.8 cm³/mol. The van der Waals surface area contributed by atoms with Crippen molar-refractivity contribution < 1.29 is 0 Å². The molecule has 1 aliphatic carbocycles. The highest BCUT2D eigenvalue weighted by molar-refractivity contribution is 5.23. The number of aryl methyl sites for hydroxylation is 1. The lowest BCUT2D eigenvalue weighted by Crippen LogP contribution is -2.20. The molecule has 0 unspecified atom stereocenters. The first-order valence-electron chi connectivity index (χ1n) is 8.20. The SMILES string of the molecule is Cn1cc(CNCCCC2CCCC2)c(C(C)(C)C)n1. The summed E-state index contributed by atoms with van der Waals surface area (Å²) in [6, 6.07) is 0. The van der Waals surface area contributed by atoms with Gasteiger partial charge in [-0.1, -0.05) is 46.5 Å². The molecule has 0 bridgehead atoms. The molecule has 3 heteroatoms. The third kappa shape index (κ3) is 4.34. The van der Waals surface area contributed by atoms with Gasteiger partial charge in [0.1, 0.15) is 0 Å². The second-order valence-corrected chi connectivity index (χ2v) is 7.40. The van der Waals surface area contributed by atoms with Crippen LogP contribution in [0.4, 0.5) is 0 Å². The fraction of sp³-hybridized carbons (Fsp3) is 0.824. The van der Waals surface area contributed by atoms with Gasteiger partial charge in [0.25, 0.3) is 0 Å². The maximum Gasteiger partial charge on any atom is 0.0722 e. The van der Waals surface area contributed by atoms with Crippen molar-refractivity contribution in [1.29, 1.82) is 0 Å². The molecular weight excluding hydrogens is 246 g/mol. The minimum absolute atomic E-state index is 0.127. The summed E-state index contributed by atoms with van der Waals surface area (Å²) >= 11 is 0. The molecule has 1 fully saturated rings. The van der Waals surface area contributed by atoms with Crippen molar-refractivity contribution in [2.45, 2.75) is 71.3 Å². The van der Waals surface area contributed by atoms with Crippen LogP contribution in [-0.4, -0.2) is 16.3 Å². The van der Waals surface area contributed by atoms with E-state index >= 15 is 0 Å². The Balaban J connectivity index is 1.73. The first-order valence-corrected chi connectivity index (χ1v) is 8.20. The molecule has 0 atom stereocenters. The van der Waals surface area contributed by atoms with Crippen molar-refractivity contribution in [3.63, 3.8) is 0 Å². The number of aromatic nitrogens is 2. The molecule has 1 aromatic heterocycles. The van der Waals surface area contributed by atoms with Crippen molar-refractivity contribution in [3.05, 3.63) is 17.5 Å². The van der Waals surface area contributed by atoms with Crippen LogP contribution < -0.4 is 5.32 Å². The molecule has 1 aliphatic rings. The van der Waals surface area contributed by atoms with Crippen LogP contribution in [0.2, 0.25) is 0 Å². The summed E-state index contributed by atoms with van der Waals surface area (Å²) in [5, 5.41) is 8.22. The van der Waals surface area contributed by atoms with E-state index < -0.39 is 0 Å². The zero-order valence-electron chi connectivity index (χ0n) is 13.7. The molecule has 0 aliphatic heterocycles. The van der Waals surface area contributed by atoms with Crippen molar-refractivity contribution in [2.24, 2.45) is 13.0 Å². The Bertz CT molecular complexity index is 408. The Kier molecular flexibility index (Phi) is 5.25. The highest BCUT2D eigenvalue weighted by atomic mass is 15.3. The summed E-state index contributed by atoms with van der Waals surface area (Å²) < 4.78 is 1.94. The van der Waals surface area contributed by atoms with Gasteiger partial charge in [-0.2, -0.15) is 5.10 Å². The summed E-state index contributed by atoms with van der Waals surface area (Å²) in [7, 11) is 2.01. The lowest BCUT2D eigenvalue weighted by molar-refractivity contribution is 0.469. The molecule has 1 saturated carbocycles. The number of nitrogens with zero attached hydrogens (tertiary/aromatic N) is 2. The van der Waals surface area contributed by atoms with Gasteiger partial charge in [-0.3, -0.25) is 4.68 Å². The third-order valence-electron chi connectivity index (χ3n) is 4.37. The number of hydrogen-bond donors (Lipinski definition) is 1. The monoisotopic (exact) mass is 277 g/mol. The first-order chi connectivity index (χ1) is 9.47. The Hall–Kier alpha value is -0.830. The topological polar surface area (TPSA) is 29.9 Å². The van der Waals surface area contributed by atoms with E-state index in [0.29, 0.717) is 0 Å². The lowest BCUT2D eigenvalue weighted by Gasteiger charge is -2.17. The van der Waals surface area contributed by atoms with Gasteiger partial charge in [0.15, 0.2) is 0 Å². The molecule has 0 amide bonds. The van der Waals surface area contributed by atoms with Crippen molar-refractivity contribution in [2.75, 3.05) is 6.54 Å². The van der Waals surface area contributed by atoms with E-state index in [4.69, 9.17) is 0 Å². The van der Waals surface area contributed by atoms with Crippen molar-refractivity contribution in [3.8, 4) is 0 Å². The first kappa shape index (κ1) is 15.6. The van der Waals surface area contributed by atoms with Crippen molar-refractivity contribution in [1.82, 2.24) is 15.1 Å². The van der Waals surface area contributed by atoms with Crippen LogP contribution in [0.5, 0.6) is 0 Å². The van der Waals surface area contributed by atoms with Gasteiger partial charge >= 0.3 is 0 Å². The zero-order valence-corrected chi connectivity index (χ0v) is 13.7. The van der Waals surface area contributed by atoms with Gasteiger partial charge in [-0.15, -0.1) is 0 Å². The minimum Gasteiger partial charge on any atom is -0.313 e. The van der Waals surface area contributed by atoms with Crippen LogP contribution in [0.3, 0.4) is 0 Å². The van der Waals surface area contributed by atoms with Crippen LogP contribution in [0.1, 0.15) is 70.6 Å². The average molecular weight is 277 g/mol. The minimum atomic E-state index is 0.127. The molecule has 0 saturated heterocycles. The summed E-state index contributed by atoms with van der Waals surface area (Å²) in [6.45, 7) is 8.79. The summed E-state index contributed by atoms with van der Waals surface area (Å²) in [5.41, 5.74) is 2.70. The summed E-state index contributed by atoms with van der Waals surface area (Å²) in [5.74, 6) is 1.01. The molecule has 0 spiro atoms. The zero-order chi connectivity index (χ0) is 14.6. The fourth-order valence-corrected chi connectivity index (χ4v) is 3.34. The maximum atomic E-state index is 4.62. The number of rotatable bonds is 6. The maximum absolute atomic E-state index is 4.62. The molecule has 20 heavy (non-hydrogen) atoms. The molecule has 2 rings (SSSR count). The molecule has 1 heterocycles. The quantitative estimate of drug-likeness (QED) is 0.802. The molecule has 3 nitrogen and oxygen atoms in total. The Labute approximate surface area is 124 Å². The number of nitrogens with one attached hydrogen (secondary N) is 1. The largest absolute Gasteiger partial charge is 0.313 e. The van der Waals surface area contributed by atoms with Gasteiger partial charge in [0, 0.05) is 30.8 Å². The molecule has 1 N–H and O–H groups in total. The third-order valence-corrected chi connectivity index (χ3v) is 4.37. The van der Waals surface area contributed by atoms with Crippen LogP contribution in [0.25, 0.3) is 0 Å². The lowest BCUT2D eigenvalue weighted by atomic mass is 9.89. The van der Waals surface area contributed by atoms with Crippen LogP contribution in [-0.2, 0) is 19.0 Å². The molecule has 114 valence electrons. The van der Waals surface area contributed by atoms with Crippen LogP contribution >= 0.6 is 0 Å². The van der Waals surface area contributed by atoms with E-state index in [9.17, 15) is 0 Å². The molecular formula is C17H31N3. The Morgan fingerprint density at radius 3 is 2.65 bits per heavy atom. The van der Waals surface area contributed by atoms with Gasteiger partial charge in [0.2, 0.25) is 0 Å². The highest BCUT2D eigenvalue weighted by Crippen LogP contribution is 2.28. The van der Waals surface area contributed by atoms with Gasteiger partial charge in [0.05, 0.1) is 5.69 Å². The van der Waals surface area contributed by atoms with E-state index in [-0.39, 0.29) is 5.41 Å². The number of hydrogen-bond acceptors (Lipinski definition) is 2. The van der Waals surface area contributed by atoms with Crippen LogP contribution in [0, 0.1) is 5.92 Å². The van der Waals surface area contributed by atoms with Gasteiger partial charge < -0.3 is 5.32 Å². The van der Waals surface area contributed by atoms with Crippen molar-refractivity contribution >= 4 is 0 Å². The normalized spacial score (nSPS) is 17.0. The highest BCUT2D eigenvalue weighted by Gasteiger charge is 2.21. The Morgan fingerprint density at radius 1 is 1.30 bits per heavy atom.